The minimum absolute atomic E-state index is 0.0117. The van der Waals surface area contributed by atoms with E-state index in [0.29, 0.717) is 41.4 Å². The third-order valence-electron chi connectivity index (χ3n) is 7.16. The average molecular weight is 492 g/mol. The molecule has 1 spiro atoms. The monoisotopic (exact) mass is 491 g/mol. The number of benzene rings is 2. The van der Waals surface area contributed by atoms with Gasteiger partial charge in [-0.25, -0.2) is 19.7 Å². The SMILES string of the molecule is Cc1cc(Nc2cc(Nc3cccc4c3CC3(C4)C(=O)Nc4ncccc43)ncn2)cc2oc(=O)[nH]c12. The number of hydrogen-bond donors (Lipinski definition) is 4. The van der Waals surface area contributed by atoms with Crippen molar-refractivity contribution >= 4 is 45.8 Å². The normalized spacial score (nSPS) is 17.6. The number of anilines is 5. The Kier molecular flexibility index (Phi) is 4.47. The van der Waals surface area contributed by atoms with E-state index in [-0.39, 0.29) is 5.91 Å². The van der Waals surface area contributed by atoms with E-state index in [2.05, 4.69) is 42.0 Å². The Morgan fingerprint density at radius 1 is 0.973 bits per heavy atom. The second-order valence-electron chi connectivity index (χ2n) is 9.45. The van der Waals surface area contributed by atoms with Crippen LogP contribution in [-0.2, 0) is 23.1 Å². The predicted octanol–water partition coefficient (Wildman–Crippen LogP) is 4.09. The van der Waals surface area contributed by atoms with Crippen molar-refractivity contribution in [1.29, 1.82) is 0 Å². The lowest BCUT2D eigenvalue weighted by Crippen LogP contribution is -2.35. The van der Waals surface area contributed by atoms with Crippen LogP contribution in [0.4, 0.5) is 28.8 Å². The second-order valence-corrected chi connectivity index (χ2v) is 9.45. The number of fused-ring (bicyclic) bond motifs is 4. The number of nitrogens with one attached hydrogen (secondary N) is 4. The van der Waals surface area contributed by atoms with Gasteiger partial charge in [-0.15, -0.1) is 0 Å². The number of oxazole rings is 1. The van der Waals surface area contributed by atoms with Crippen molar-refractivity contribution in [3.63, 3.8) is 0 Å². The molecule has 0 saturated heterocycles. The second kappa shape index (κ2) is 7.76. The zero-order valence-corrected chi connectivity index (χ0v) is 19.8. The number of carbonyl (C=O) groups is 1. The summed E-state index contributed by atoms with van der Waals surface area (Å²) in [5, 5.41) is 9.63. The molecule has 7 rings (SSSR count). The van der Waals surface area contributed by atoms with Gasteiger partial charge in [0.1, 0.15) is 23.8 Å². The highest BCUT2D eigenvalue weighted by molar-refractivity contribution is 6.06. The maximum Gasteiger partial charge on any atom is 0.417 e. The fourth-order valence-corrected chi connectivity index (χ4v) is 5.48. The number of nitrogens with zero attached hydrogens (tertiary/aromatic N) is 3. The number of hydrogen-bond acceptors (Lipinski definition) is 8. The molecule has 0 saturated carbocycles. The molecule has 1 aliphatic heterocycles. The van der Waals surface area contributed by atoms with Gasteiger partial charge in [-0.2, -0.15) is 0 Å². The number of aryl methyl sites for hydroxylation is 1. The van der Waals surface area contributed by atoms with Crippen LogP contribution in [0.5, 0.6) is 0 Å². The van der Waals surface area contributed by atoms with Crippen LogP contribution in [-0.4, -0.2) is 25.8 Å². The van der Waals surface area contributed by atoms with Crippen molar-refractivity contribution in [2.45, 2.75) is 25.2 Å². The predicted molar refractivity (Wildman–Crippen MR) is 139 cm³/mol. The molecule has 10 heteroatoms. The summed E-state index contributed by atoms with van der Waals surface area (Å²) in [5.74, 6) is 1.33. The van der Waals surface area contributed by atoms with Crippen molar-refractivity contribution in [1.82, 2.24) is 19.9 Å². The minimum Gasteiger partial charge on any atom is -0.408 e. The van der Waals surface area contributed by atoms with Crippen LogP contribution in [0.3, 0.4) is 0 Å². The molecule has 0 fully saturated rings. The van der Waals surface area contributed by atoms with Crippen LogP contribution in [0.2, 0.25) is 0 Å². The smallest absolute Gasteiger partial charge is 0.408 e. The molecule has 10 nitrogen and oxygen atoms in total. The highest BCUT2D eigenvalue weighted by Gasteiger charge is 2.51. The summed E-state index contributed by atoms with van der Waals surface area (Å²) in [4.78, 5) is 40.4. The molecule has 182 valence electrons. The third-order valence-corrected chi connectivity index (χ3v) is 7.16. The maximum atomic E-state index is 13.1. The van der Waals surface area contributed by atoms with Crippen molar-refractivity contribution in [3.05, 3.63) is 93.9 Å². The van der Waals surface area contributed by atoms with Gasteiger partial charge in [-0.3, -0.25) is 9.78 Å². The van der Waals surface area contributed by atoms with Gasteiger partial charge in [0.2, 0.25) is 5.91 Å². The van der Waals surface area contributed by atoms with Gasteiger partial charge in [0.15, 0.2) is 5.58 Å². The molecule has 2 aromatic carbocycles. The van der Waals surface area contributed by atoms with E-state index in [9.17, 15) is 9.59 Å². The van der Waals surface area contributed by atoms with Gasteiger partial charge in [-0.05, 0) is 54.7 Å². The number of pyridine rings is 1. The molecule has 1 aliphatic carbocycles. The van der Waals surface area contributed by atoms with E-state index in [1.165, 1.54) is 6.33 Å². The van der Waals surface area contributed by atoms with Crippen LogP contribution >= 0.6 is 0 Å². The molecule has 4 N–H and O–H groups in total. The van der Waals surface area contributed by atoms with E-state index in [1.807, 2.05) is 37.3 Å². The summed E-state index contributed by atoms with van der Waals surface area (Å²) >= 11 is 0. The highest BCUT2D eigenvalue weighted by atomic mass is 16.4. The van der Waals surface area contributed by atoms with Crippen LogP contribution in [0.1, 0.15) is 22.3 Å². The lowest BCUT2D eigenvalue weighted by atomic mass is 9.79. The van der Waals surface area contributed by atoms with Gasteiger partial charge in [-0.1, -0.05) is 18.2 Å². The molecule has 0 radical (unpaired) electrons. The summed E-state index contributed by atoms with van der Waals surface area (Å²) in [7, 11) is 0. The van der Waals surface area contributed by atoms with Crippen molar-refractivity contribution in [2.75, 3.05) is 16.0 Å². The molecule has 1 amide bonds. The highest BCUT2D eigenvalue weighted by Crippen LogP contribution is 2.48. The summed E-state index contributed by atoms with van der Waals surface area (Å²) in [6.45, 7) is 1.90. The van der Waals surface area contributed by atoms with Crippen molar-refractivity contribution < 1.29 is 9.21 Å². The van der Waals surface area contributed by atoms with E-state index < -0.39 is 11.2 Å². The standard InChI is InChI=1S/C27H21N7O3/c1-14-8-16(9-20-23(14)33-26(36)37-20)31-21-10-22(30-13-29-21)32-19-6-2-4-15-11-27(12-17(15)19)18-5-3-7-28-24(18)34-25(27)35/h2-10,13H,11-12H2,1H3,(H,33,36)(H,28,34,35)(H2,29,30,31,32). The first-order valence-corrected chi connectivity index (χ1v) is 11.9. The lowest BCUT2D eigenvalue weighted by molar-refractivity contribution is -0.120. The molecular weight excluding hydrogens is 470 g/mol. The Hall–Kier alpha value is -4.99. The van der Waals surface area contributed by atoms with Crippen LogP contribution in [0.25, 0.3) is 11.1 Å². The van der Waals surface area contributed by atoms with E-state index in [0.717, 1.165) is 33.6 Å². The zero-order chi connectivity index (χ0) is 25.1. The first-order chi connectivity index (χ1) is 18.0. The quantitative estimate of drug-likeness (QED) is 0.295. The summed E-state index contributed by atoms with van der Waals surface area (Å²) in [6, 6.07) is 15.4. The molecule has 4 heterocycles. The Bertz CT molecular complexity index is 1790. The minimum atomic E-state index is -0.647. The Morgan fingerprint density at radius 3 is 2.73 bits per heavy atom. The third kappa shape index (κ3) is 3.37. The van der Waals surface area contributed by atoms with Crippen molar-refractivity contribution in [2.24, 2.45) is 0 Å². The maximum absolute atomic E-state index is 13.1. The Morgan fingerprint density at radius 2 is 1.84 bits per heavy atom. The van der Waals surface area contributed by atoms with E-state index in [4.69, 9.17) is 4.42 Å². The molecule has 1 atom stereocenters. The topological polar surface area (TPSA) is 138 Å². The Labute approximate surface area is 210 Å². The van der Waals surface area contributed by atoms with Gasteiger partial charge in [0.25, 0.3) is 0 Å². The number of H-pyrrole nitrogens is 1. The zero-order valence-electron chi connectivity index (χ0n) is 19.8. The van der Waals surface area contributed by atoms with E-state index >= 15 is 0 Å². The fraction of sp³-hybridized carbons (Fsp3) is 0.148. The molecule has 3 aromatic heterocycles. The lowest BCUT2D eigenvalue weighted by Gasteiger charge is -2.20. The number of carbonyl (C=O) groups excluding carboxylic acids is 1. The van der Waals surface area contributed by atoms with Gasteiger partial charge >= 0.3 is 5.76 Å². The summed E-state index contributed by atoms with van der Waals surface area (Å²) in [5.41, 5.74) is 6.17. The number of aromatic nitrogens is 4. The summed E-state index contributed by atoms with van der Waals surface area (Å²) < 4.78 is 5.21. The Balaban J connectivity index is 1.17. The van der Waals surface area contributed by atoms with Gasteiger partial charge in [0, 0.05) is 35.3 Å². The van der Waals surface area contributed by atoms with Gasteiger partial charge < -0.3 is 20.4 Å². The fourth-order valence-electron chi connectivity index (χ4n) is 5.48. The first kappa shape index (κ1) is 21.3. The number of amides is 1. The van der Waals surface area contributed by atoms with Gasteiger partial charge in [0.05, 0.1) is 10.9 Å². The van der Waals surface area contributed by atoms with E-state index in [1.54, 1.807) is 18.3 Å². The van der Waals surface area contributed by atoms with Crippen LogP contribution < -0.4 is 21.7 Å². The number of aromatic amines is 1. The first-order valence-electron chi connectivity index (χ1n) is 11.9. The average Bonchev–Trinajstić information content (AvgIpc) is 3.54. The van der Waals surface area contributed by atoms with Crippen LogP contribution in [0.15, 0.2) is 70.3 Å². The summed E-state index contributed by atoms with van der Waals surface area (Å²) in [6.07, 6.45) is 4.37. The van der Waals surface area contributed by atoms with Crippen molar-refractivity contribution in [3.8, 4) is 0 Å². The van der Waals surface area contributed by atoms with Crippen LogP contribution in [0, 0.1) is 6.92 Å². The number of rotatable bonds is 4. The molecular formula is C27H21N7O3. The largest absolute Gasteiger partial charge is 0.417 e. The molecule has 37 heavy (non-hydrogen) atoms. The molecule has 0 bridgehead atoms. The molecule has 1 unspecified atom stereocenters. The molecule has 5 aromatic rings. The molecule has 2 aliphatic rings.